The number of hydrogen-bond donors (Lipinski definition) is 2. The lowest BCUT2D eigenvalue weighted by molar-refractivity contribution is -0.145. The van der Waals surface area contributed by atoms with Crippen LogP contribution >= 0.6 is 0 Å². The number of carbonyl (C=O) groups excluding carboxylic acids is 2. The molecule has 2 aliphatic rings. The Balaban J connectivity index is 2.50. The van der Waals surface area contributed by atoms with E-state index in [1.165, 1.54) is 0 Å². The number of alkyl halides is 2. The van der Waals surface area contributed by atoms with Gasteiger partial charge in [-0.15, -0.1) is 0 Å². The van der Waals surface area contributed by atoms with Gasteiger partial charge in [0.2, 0.25) is 0 Å². The first-order valence-corrected chi connectivity index (χ1v) is 15.7. The van der Waals surface area contributed by atoms with Crippen molar-refractivity contribution >= 4 is 11.7 Å². The van der Waals surface area contributed by atoms with E-state index < -0.39 is 28.2 Å². The van der Waals surface area contributed by atoms with E-state index in [0.29, 0.717) is 38.2 Å². The van der Waals surface area contributed by atoms with Crippen molar-refractivity contribution in [1.29, 1.82) is 5.26 Å². The van der Waals surface area contributed by atoms with E-state index in [9.17, 15) is 28.7 Å². The summed E-state index contributed by atoms with van der Waals surface area (Å²) in [5.41, 5.74) is -0.717. The molecule has 238 valence electrons. The van der Waals surface area contributed by atoms with Crippen LogP contribution in [0.2, 0.25) is 0 Å². The van der Waals surface area contributed by atoms with Crippen molar-refractivity contribution in [2.75, 3.05) is 0 Å². The first kappa shape index (κ1) is 36.0. The SMILES string of the molecule is CCCC(C)(C)CC[C@@](C)(CCC(C)(C)[C@]1(C)CC[C@H]2[C@H](C)C(O)=C(C#N)C[C@]2(C)/C1=C/C(C)=O)NC(=O)C(C)(F)F. The highest BCUT2D eigenvalue weighted by molar-refractivity contribution is 5.88. The second-order valence-electron chi connectivity index (χ2n) is 15.7. The number of ketones is 1. The molecule has 0 aromatic carbocycles. The predicted octanol–water partition coefficient (Wildman–Crippen LogP) is 9.24. The van der Waals surface area contributed by atoms with Crippen molar-refractivity contribution in [2.24, 2.45) is 33.5 Å². The van der Waals surface area contributed by atoms with Crippen LogP contribution in [-0.4, -0.2) is 28.3 Å². The molecule has 0 radical (unpaired) electrons. The van der Waals surface area contributed by atoms with E-state index in [2.05, 4.69) is 59.9 Å². The van der Waals surface area contributed by atoms with Gasteiger partial charge < -0.3 is 10.4 Å². The molecule has 0 aromatic heterocycles. The molecule has 0 spiro atoms. The van der Waals surface area contributed by atoms with Crippen LogP contribution in [0.15, 0.2) is 23.0 Å². The fraction of sp³-hybridized carbons (Fsp3) is 0.800. The van der Waals surface area contributed by atoms with Crippen molar-refractivity contribution in [3.8, 4) is 6.07 Å². The summed E-state index contributed by atoms with van der Waals surface area (Å²) in [6.45, 7) is 21.2. The van der Waals surface area contributed by atoms with Crippen molar-refractivity contribution in [3.05, 3.63) is 23.0 Å². The quantitative estimate of drug-likeness (QED) is 0.222. The number of rotatable bonds is 12. The highest BCUT2D eigenvalue weighted by Crippen LogP contribution is 2.66. The molecule has 1 amide bonds. The van der Waals surface area contributed by atoms with Crippen LogP contribution in [0, 0.1) is 44.8 Å². The summed E-state index contributed by atoms with van der Waals surface area (Å²) in [7, 11) is 0. The number of aliphatic hydroxyl groups is 1. The van der Waals surface area contributed by atoms with Gasteiger partial charge in [-0.2, -0.15) is 14.0 Å². The Morgan fingerprint density at radius 2 is 1.64 bits per heavy atom. The maximum absolute atomic E-state index is 14.1. The molecule has 1 saturated carbocycles. The molecular formula is C35H56F2N2O3. The zero-order valence-electron chi connectivity index (χ0n) is 28.1. The first-order valence-electron chi connectivity index (χ1n) is 15.7. The molecule has 1 fully saturated rings. The van der Waals surface area contributed by atoms with Gasteiger partial charge in [0.1, 0.15) is 5.76 Å². The predicted molar refractivity (Wildman–Crippen MR) is 165 cm³/mol. The molecule has 5 nitrogen and oxygen atoms in total. The Morgan fingerprint density at radius 3 is 2.14 bits per heavy atom. The highest BCUT2D eigenvalue weighted by Gasteiger charge is 2.58. The second kappa shape index (κ2) is 12.4. The summed E-state index contributed by atoms with van der Waals surface area (Å²) in [6.07, 6.45) is 8.31. The molecular weight excluding hydrogens is 534 g/mol. The van der Waals surface area contributed by atoms with Gasteiger partial charge in [0.05, 0.1) is 11.6 Å². The monoisotopic (exact) mass is 590 g/mol. The summed E-state index contributed by atoms with van der Waals surface area (Å²) in [6, 6.07) is 2.21. The van der Waals surface area contributed by atoms with E-state index in [1.54, 1.807) is 13.0 Å². The van der Waals surface area contributed by atoms with Crippen LogP contribution in [0.25, 0.3) is 0 Å². The van der Waals surface area contributed by atoms with Crippen molar-refractivity contribution in [1.82, 2.24) is 5.32 Å². The van der Waals surface area contributed by atoms with Crippen molar-refractivity contribution < 1.29 is 23.5 Å². The van der Waals surface area contributed by atoms with Gasteiger partial charge in [-0.3, -0.25) is 9.59 Å². The molecule has 0 unspecified atom stereocenters. The Hall–Kier alpha value is -2.23. The molecule has 5 atom stereocenters. The Kier molecular flexibility index (Phi) is 10.6. The summed E-state index contributed by atoms with van der Waals surface area (Å²) >= 11 is 0. The number of nitrogens with zero attached hydrogens (tertiary/aromatic N) is 1. The highest BCUT2D eigenvalue weighted by atomic mass is 19.3. The van der Waals surface area contributed by atoms with Gasteiger partial charge in [-0.05, 0) is 98.9 Å². The van der Waals surface area contributed by atoms with Crippen LogP contribution in [0.5, 0.6) is 0 Å². The van der Waals surface area contributed by atoms with E-state index in [4.69, 9.17) is 0 Å². The summed E-state index contributed by atoms with van der Waals surface area (Å²) in [4.78, 5) is 25.2. The topological polar surface area (TPSA) is 90.2 Å². The molecule has 0 saturated heterocycles. The van der Waals surface area contributed by atoms with Crippen LogP contribution in [0.1, 0.15) is 134 Å². The van der Waals surface area contributed by atoms with E-state index in [1.807, 2.05) is 13.8 Å². The lowest BCUT2D eigenvalue weighted by Crippen LogP contribution is -2.54. The maximum atomic E-state index is 14.1. The minimum absolute atomic E-state index is 0.0243. The third-order valence-electron chi connectivity index (χ3n) is 11.2. The number of carbonyl (C=O) groups is 2. The Labute approximate surface area is 253 Å². The average molecular weight is 591 g/mol. The molecule has 0 aromatic rings. The molecule has 2 N–H and O–H groups in total. The number of fused-ring (bicyclic) bond motifs is 1. The van der Waals surface area contributed by atoms with Crippen molar-refractivity contribution in [3.63, 3.8) is 0 Å². The standard InChI is InChI=1S/C35H56F2N2O3/c1-12-14-30(4,5)16-18-32(8,39-29(42)35(11,36)37)19-17-31(6,7)34(10)15-13-26-24(3)28(41)25(22-38)21-33(26,9)27(34)20-23(2)40/h20,24,26,41H,12-19,21H2,1-11H3,(H,39,42)/b27-20-/t24-,26-,32-,33-,34+/m0/s1. The third kappa shape index (κ3) is 7.45. The van der Waals surface area contributed by atoms with Crippen LogP contribution in [0.4, 0.5) is 8.78 Å². The Bertz CT molecular complexity index is 1140. The van der Waals surface area contributed by atoms with E-state index in [-0.39, 0.29) is 34.2 Å². The van der Waals surface area contributed by atoms with Crippen LogP contribution in [-0.2, 0) is 9.59 Å². The molecule has 2 rings (SSSR count). The molecule has 2 aliphatic carbocycles. The van der Waals surface area contributed by atoms with Gasteiger partial charge in [-0.25, -0.2) is 0 Å². The molecule has 0 heterocycles. The number of aliphatic hydroxyl groups excluding tert-OH is 1. The van der Waals surface area contributed by atoms with Gasteiger partial charge in [-0.1, -0.05) is 67.4 Å². The lowest BCUT2D eigenvalue weighted by atomic mass is 9.44. The summed E-state index contributed by atoms with van der Waals surface area (Å²) in [5.74, 6) is -4.72. The number of amides is 1. The van der Waals surface area contributed by atoms with Gasteiger partial charge >= 0.3 is 5.92 Å². The maximum Gasteiger partial charge on any atom is 0.321 e. The van der Waals surface area contributed by atoms with Crippen LogP contribution in [0.3, 0.4) is 0 Å². The fourth-order valence-electron chi connectivity index (χ4n) is 7.92. The zero-order valence-corrected chi connectivity index (χ0v) is 28.1. The number of nitrogens with one attached hydrogen (secondary N) is 1. The van der Waals surface area contributed by atoms with Crippen LogP contribution < -0.4 is 5.32 Å². The summed E-state index contributed by atoms with van der Waals surface area (Å²) in [5, 5.41) is 23.3. The molecule has 0 bridgehead atoms. The van der Waals surface area contributed by atoms with E-state index >= 15 is 0 Å². The average Bonchev–Trinajstić information content (AvgIpc) is 2.85. The number of hydrogen-bond acceptors (Lipinski definition) is 4. The fourth-order valence-corrected chi connectivity index (χ4v) is 7.92. The lowest BCUT2D eigenvalue weighted by Gasteiger charge is -2.60. The number of nitriles is 1. The van der Waals surface area contributed by atoms with Gasteiger partial charge in [0.15, 0.2) is 5.78 Å². The second-order valence-corrected chi connectivity index (χ2v) is 15.7. The van der Waals surface area contributed by atoms with Gasteiger partial charge in [0, 0.05) is 18.4 Å². The minimum Gasteiger partial charge on any atom is -0.511 e. The Morgan fingerprint density at radius 1 is 1.07 bits per heavy atom. The third-order valence-corrected chi connectivity index (χ3v) is 11.2. The number of halogens is 2. The summed E-state index contributed by atoms with van der Waals surface area (Å²) < 4.78 is 28.1. The number of allylic oxidation sites excluding steroid dienone is 4. The van der Waals surface area contributed by atoms with Crippen molar-refractivity contribution in [2.45, 2.75) is 145 Å². The smallest absolute Gasteiger partial charge is 0.321 e. The normalized spacial score (nSPS) is 29.5. The largest absolute Gasteiger partial charge is 0.511 e. The first-order chi connectivity index (χ1) is 19.0. The van der Waals surface area contributed by atoms with E-state index in [0.717, 1.165) is 37.7 Å². The molecule has 0 aliphatic heterocycles. The molecule has 42 heavy (non-hydrogen) atoms. The molecule has 7 heteroatoms. The zero-order chi connectivity index (χ0) is 32.5. The minimum atomic E-state index is -3.47. The van der Waals surface area contributed by atoms with Gasteiger partial charge in [0.25, 0.3) is 5.91 Å².